The van der Waals surface area contributed by atoms with Crippen LogP contribution in [0, 0.1) is 6.92 Å². The van der Waals surface area contributed by atoms with Crippen LogP contribution in [0.5, 0.6) is 11.5 Å². The molecule has 192 valence electrons. The number of ether oxygens (including phenoxy) is 2. The SMILES string of the molecule is COc1ccc(/C=C2\SC(=O)N(CCC(=O)Nc3c(C)n(C)n(-c4ccccc4)c3=O)C2=O)cc1OC. The van der Waals surface area contributed by atoms with E-state index in [2.05, 4.69) is 5.32 Å². The standard InChI is InChI=1S/C26H26N4O6S/c1-16-23(25(33)30(28(16)2)18-8-6-5-7-9-18)27-22(31)12-13-29-24(32)21(37-26(29)34)15-17-10-11-19(35-3)20(14-17)36-4/h5-11,14-15H,12-13H2,1-4H3,(H,27,31)/b21-15-. The van der Waals surface area contributed by atoms with Crippen molar-refractivity contribution in [3.8, 4) is 17.2 Å². The van der Waals surface area contributed by atoms with Crippen LogP contribution in [0.4, 0.5) is 10.5 Å². The summed E-state index contributed by atoms with van der Waals surface area (Å²) in [5, 5.41) is 2.18. The van der Waals surface area contributed by atoms with Gasteiger partial charge in [-0.1, -0.05) is 24.3 Å². The largest absolute Gasteiger partial charge is 0.493 e. The fourth-order valence-corrected chi connectivity index (χ4v) is 4.78. The van der Waals surface area contributed by atoms with Crippen LogP contribution in [0.1, 0.15) is 17.7 Å². The second-order valence-electron chi connectivity index (χ2n) is 8.18. The first-order chi connectivity index (χ1) is 17.7. The summed E-state index contributed by atoms with van der Waals surface area (Å²) in [6, 6.07) is 14.2. The number of carbonyl (C=O) groups is 3. The monoisotopic (exact) mass is 522 g/mol. The van der Waals surface area contributed by atoms with Gasteiger partial charge in [0.25, 0.3) is 16.7 Å². The van der Waals surface area contributed by atoms with Gasteiger partial charge in [-0.2, -0.15) is 0 Å². The molecule has 0 saturated carbocycles. The van der Waals surface area contributed by atoms with Gasteiger partial charge < -0.3 is 14.8 Å². The van der Waals surface area contributed by atoms with Crippen LogP contribution in [-0.4, -0.2) is 52.1 Å². The Kier molecular flexibility index (Phi) is 7.53. The summed E-state index contributed by atoms with van der Waals surface area (Å²) < 4.78 is 13.6. The summed E-state index contributed by atoms with van der Waals surface area (Å²) in [5.74, 6) is 0.0754. The number of hydrogen-bond donors (Lipinski definition) is 1. The van der Waals surface area contributed by atoms with Gasteiger partial charge in [0.1, 0.15) is 5.69 Å². The van der Waals surface area contributed by atoms with Crippen molar-refractivity contribution in [2.45, 2.75) is 13.3 Å². The number of rotatable bonds is 8. The zero-order valence-electron chi connectivity index (χ0n) is 20.8. The van der Waals surface area contributed by atoms with Gasteiger partial charge in [-0.25, -0.2) is 4.68 Å². The van der Waals surface area contributed by atoms with Gasteiger partial charge in [-0.05, 0) is 54.6 Å². The number of imide groups is 1. The second-order valence-corrected chi connectivity index (χ2v) is 9.18. The summed E-state index contributed by atoms with van der Waals surface area (Å²) >= 11 is 0.802. The summed E-state index contributed by atoms with van der Waals surface area (Å²) in [6.07, 6.45) is 1.44. The average Bonchev–Trinajstić information content (AvgIpc) is 3.28. The van der Waals surface area contributed by atoms with Gasteiger partial charge in [-0.3, -0.25) is 28.8 Å². The molecule has 37 heavy (non-hydrogen) atoms. The first-order valence-corrected chi connectivity index (χ1v) is 12.2. The number of nitrogens with one attached hydrogen (secondary N) is 1. The van der Waals surface area contributed by atoms with Crippen molar-refractivity contribution >= 4 is 40.6 Å². The topological polar surface area (TPSA) is 112 Å². The third-order valence-corrected chi connectivity index (χ3v) is 6.87. The third-order valence-electron chi connectivity index (χ3n) is 5.96. The second kappa shape index (κ2) is 10.8. The van der Waals surface area contributed by atoms with Crippen molar-refractivity contribution in [1.82, 2.24) is 14.3 Å². The fourth-order valence-electron chi connectivity index (χ4n) is 3.91. The van der Waals surface area contributed by atoms with Gasteiger partial charge in [-0.15, -0.1) is 0 Å². The van der Waals surface area contributed by atoms with Crippen LogP contribution in [-0.2, 0) is 16.6 Å². The number of thioether (sulfide) groups is 1. The van der Waals surface area contributed by atoms with Crippen LogP contribution in [0.2, 0.25) is 0 Å². The maximum atomic E-state index is 13.0. The molecule has 2 heterocycles. The van der Waals surface area contributed by atoms with E-state index in [9.17, 15) is 19.2 Å². The molecule has 3 aromatic rings. The molecule has 3 amide bonds. The summed E-state index contributed by atoms with van der Waals surface area (Å²) in [5.41, 5.74) is 1.68. The molecule has 1 fully saturated rings. The van der Waals surface area contributed by atoms with Crippen molar-refractivity contribution in [3.05, 3.63) is 75.0 Å². The number of benzene rings is 2. The molecule has 0 spiro atoms. The van der Waals surface area contributed by atoms with Gasteiger partial charge in [0.15, 0.2) is 11.5 Å². The molecule has 0 aliphatic carbocycles. The Hall–Kier alpha value is -4.25. The van der Waals surface area contributed by atoms with Crippen LogP contribution in [0.25, 0.3) is 11.8 Å². The quantitative estimate of drug-likeness (QED) is 0.450. The molecule has 10 nitrogen and oxygen atoms in total. The number of anilines is 1. The van der Waals surface area contributed by atoms with E-state index in [1.54, 1.807) is 55.1 Å². The zero-order chi connectivity index (χ0) is 26.7. The van der Waals surface area contributed by atoms with Crippen LogP contribution >= 0.6 is 11.8 Å². The Morgan fingerprint density at radius 3 is 2.41 bits per heavy atom. The van der Waals surface area contributed by atoms with E-state index >= 15 is 0 Å². The highest BCUT2D eigenvalue weighted by atomic mass is 32.2. The van der Waals surface area contributed by atoms with Gasteiger partial charge in [0.05, 0.1) is 30.5 Å². The van der Waals surface area contributed by atoms with E-state index < -0.39 is 17.1 Å². The minimum atomic E-state index is -0.486. The normalized spacial score (nSPS) is 14.4. The molecule has 1 N–H and O–H groups in total. The number of amides is 3. The number of para-hydroxylation sites is 1. The van der Waals surface area contributed by atoms with Crippen LogP contribution < -0.4 is 20.3 Å². The summed E-state index contributed by atoms with van der Waals surface area (Å²) in [4.78, 5) is 52.3. The Balaban J connectivity index is 1.44. The molecular formula is C26H26N4O6S. The molecule has 1 aromatic heterocycles. The molecule has 1 saturated heterocycles. The van der Waals surface area contributed by atoms with E-state index in [0.29, 0.717) is 28.4 Å². The van der Waals surface area contributed by atoms with Crippen LogP contribution in [0.15, 0.2) is 58.2 Å². The van der Waals surface area contributed by atoms with Crippen molar-refractivity contribution in [2.75, 3.05) is 26.1 Å². The molecule has 11 heteroatoms. The highest BCUT2D eigenvalue weighted by molar-refractivity contribution is 8.18. The molecule has 0 bridgehead atoms. The van der Waals surface area contributed by atoms with Crippen molar-refractivity contribution < 1.29 is 23.9 Å². The molecule has 4 rings (SSSR count). The number of methoxy groups -OCH3 is 2. The van der Waals surface area contributed by atoms with Gasteiger partial charge in [0.2, 0.25) is 5.91 Å². The lowest BCUT2D eigenvalue weighted by molar-refractivity contribution is -0.123. The third kappa shape index (κ3) is 5.17. The van der Waals surface area contributed by atoms with E-state index in [-0.39, 0.29) is 29.1 Å². The molecule has 0 atom stereocenters. The number of aromatic nitrogens is 2. The molecule has 0 unspecified atom stereocenters. The Morgan fingerprint density at radius 1 is 1.03 bits per heavy atom. The molecule has 1 aliphatic heterocycles. The summed E-state index contributed by atoms with van der Waals surface area (Å²) in [6.45, 7) is 1.62. The lowest BCUT2D eigenvalue weighted by Crippen LogP contribution is -2.32. The van der Waals surface area contributed by atoms with Gasteiger partial charge >= 0.3 is 0 Å². The predicted octanol–water partition coefficient (Wildman–Crippen LogP) is 3.57. The zero-order valence-corrected chi connectivity index (χ0v) is 21.6. The summed E-state index contributed by atoms with van der Waals surface area (Å²) in [7, 11) is 4.76. The molecular weight excluding hydrogens is 496 g/mol. The maximum Gasteiger partial charge on any atom is 0.295 e. The average molecular weight is 523 g/mol. The van der Waals surface area contributed by atoms with E-state index in [4.69, 9.17) is 9.47 Å². The number of nitrogens with zero attached hydrogens (tertiary/aromatic N) is 3. The lowest BCUT2D eigenvalue weighted by Gasteiger charge is -2.12. The fraction of sp³-hybridized carbons (Fsp3) is 0.231. The van der Waals surface area contributed by atoms with Gasteiger partial charge in [0, 0.05) is 20.0 Å². The van der Waals surface area contributed by atoms with E-state index in [0.717, 1.165) is 16.7 Å². The Morgan fingerprint density at radius 2 is 1.73 bits per heavy atom. The Labute approximate surface area is 217 Å². The van der Waals surface area contributed by atoms with Crippen molar-refractivity contribution in [2.24, 2.45) is 7.05 Å². The smallest absolute Gasteiger partial charge is 0.295 e. The van der Waals surface area contributed by atoms with Crippen molar-refractivity contribution in [3.63, 3.8) is 0 Å². The number of carbonyl (C=O) groups excluding carboxylic acids is 3. The molecule has 2 aromatic carbocycles. The van der Waals surface area contributed by atoms with Crippen LogP contribution in [0.3, 0.4) is 0 Å². The minimum absolute atomic E-state index is 0.113. The highest BCUT2D eigenvalue weighted by Crippen LogP contribution is 2.34. The lowest BCUT2D eigenvalue weighted by atomic mass is 10.2. The molecule has 0 radical (unpaired) electrons. The maximum absolute atomic E-state index is 13.0. The first-order valence-electron chi connectivity index (χ1n) is 11.4. The first kappa shape index (κ1) is 25.8. The molecule has 1 aliphatic rings. The minimum Gasteiger partial charge on any atom is -0.493 e. The van der Waals surface area contributed by atoms with E-state index in [1.807, 2.05) is 18.2 Å². The Bertz CT molecular complexity index is 1460. The van der Waals surface area contributed by atoms with Crippen molar-refractivity contribution in [1.29, 1.82) is 0 Å². The highest BCUT2D eigenvalue weighted by Gasteiger charge is 2.35. The predicted molar refractivity (Wildman–Crippen MR) is 141 cm³/mol. The number of hydrogen-bond acceptors (Lipinski definition) is 7. The van der Waals surface area contributed by atoms with E-state index in [1.165, 1.54) is 18.9 Å².